The maximum atomic E-state index is 11.8. The van der Waals surface area contributed by atoms with Gasteiger partial charge in [0, 0.05) is 13.0 Å². The van der Waals surface area contributed by atoms with Crippen molar-refractivity contribution < 1.29 is 9.53 Å². The molecular weight excluding hydrogens is 228 g/mol. The van der Waals surface area contributed by atoms with Crippen molar-refractivity contribution >= 4 is 5.91 Å². The summed E-state index contributed by atoms with van der Waals surface area (Å²) in [5.41, 5.74) is 1.06. The first-order chi connectivity index (χ1) is 8.65. The highest BCUT2D eigenvalue weighted by Gasteiger charge is 2.32. The molecule has 0 N–H and O–H groups in total. The lowest BCUT2D eigenvalue weighted by Crippen LogP contribution is -2.28. The Morgan fingerprint density at radius 3 is 2.61 bits per heavy atom. The van der Waals surface area contributed by atoms with Gasteiger partial charge in [0.1, 0.15) is 5.75 Å². The van der Waals surface area contributed by atoms with E-state index in [1.54, 1.807) is 12.0 Å². The van der Waals surface area contributed by atoms with Gasteiger partial charge in [-0.2, -0.15) is 5.26 Å². The number of benzene rings is 1. The van der Waals surface area contributed by atoms with Crippen molar-refractivity contribution in [2.24, 2.45) is 5.92 Å². The van der Waals surface area contributed by atoms with Crippen LogP contribution in [-0.2, 0) is 4.79 Å². The molecule has 0 saturated carbocycles. The number of amides is 1. The van der Waals surface area contributed by atoms with Gasteiger partial charge in [-0.15, -0.1) is 0 Å². The summed E-state index contributed by atoms with van der Waals surface area (Å²) in [6.07, 6.45) is 0.344. The molecule has 1 aromatic carbocycles. The van der Waals surface area contributed by atoms with E-state index >= 15 is 0 Å². The van der Waals surface area contributed by atoms with E-state index in [9.17, 15) is 4.79 Å². The summed E-state index contributed by atoms with van der Waals surface area (Å²) in [5.74, 6) is 0.691. The number of hydrogen-bond acceptors (Lipinski definition) is 3. The van der Waals surface area contributed by atoms with Crippen LogP contribution in [-0.4, -0.2) is 24.5 Å². The van der Waals surface area contributed by atoms with E-state index in [2.05, 4.69) is 6.07 Å². The summed E-state index contributed by atoms with van der Waals surface area (Å²) in [6.45, 7) is 2.52. The molecule has 1 amide bonds. The smallest absolute Gasteiger partial charge is 0.224 e. The van der Waals surface area contributed by atoms with Gasteiger partial charge in [0.15, 0.2) is 0 Å². The number of ether oxygens (including phenoxy) is 1. The molecule has 94 valence electrons. The van der Waals surface area contributed by atoms with Crippen molar-refractivity contribution in [1.29, 1.82) is 5.26 Å². The van der Waals surface area contributed by atoms with Crippen LogP contribution in [0.25, 0.3) is 0 Å². The zero-order chi connectivity index (χ0) is 13.1. The molecule has 2 atom stereocenters. The molecule has 1 aliphatic rings. The quantitative estimate of drug-likeness (QED) is 0.818. The molecular formula is C14H16N2O2. The Hall–Kier alpha value is -2.02. The third-order valence-corrected chi connectivity index (χ3v) is 3.41. The van der Waals surface area contributed by atoms with Crippen molar-refractivity contribution in [3.63, 3.8) is 0 Å². The minimum atomic E-state index is -0.168. The lowest BCUT2D eigenvalue weighted by molar-refractivity contribution is -0.129. The lowest BCUT2D eigenvalue weighted by Gasteiger charge is -2.24. The van der Waals surface area contributed by atoms with Crippen LogP contribution in [0.3, 0.4) is 0 Å². The van der Waals surface area contributed by atoms with Gasteiger partial charge in [-0.1, -0.05) is 12.1 Å². The zero-order valence-corrected chi connectivity index (χ0v) is 10.6. The molecule has 1 fully saturated rings. The van der Waals surface area contributed by atoms with Crippen LogP contribution in [0.5, 0.6) is 5.75 Å². The topological polar surface area (TPSA) is 53.3 Å². The molecule has 1 aromatic rings. The molecule has 0 spiro atoms. The third kappa shape index (κ3) is 2.30. The Morgan fingerprint density at radius 1 is 1.44 bits per heavy atom. The number of methoxy groups -OCH3 is 1. The minimum absolute atomic E-state index is 0.00163. The predicted octanol–water partition coefficient (Wildman–Crippen LogP) is 2.13. The molecule has 1 heterocycles. The summed E-state index contributed by atoms with van der Waals surface area (Å²) in [4.78, 5) is 13.6. The van der Waals surface area contributed by atoms with Gasteiger partial charge in [-0.25, -0.2) is 0 Å². The predicted molar refractivity (Wildman–Crippen MR) is 66.8 cm³/mol. The van der Waals surface area contributed by atoms with Crippen LogP contribution in [0.15, 0.2) is 24.3 Å². The number of likely N-dealkylation sites (tertiary alicyclic amines) is 1. The highest BCUT2D eigenvalue weighted by molar-refractivity contribution is 5.79. The summed E-state index contributed by atoms with van der Waals surface area (Å²) in [6, 6.07) is 9.84. The number of carbonyl (C=O) groups excluding carboxylic acids is 1. The second kappa shape index (κ2) is 5.09. The van der Waals surface area contributed by atoms with Gasteiger partial charge in [0.25, 0.3) is 0 Å². The fraction of sp³-hybridized carbons (Fsp3) is 0.429. The van der Waals surface area contributed by atoms with Gasteiger partial charge in [0.2, 0.25) is 5.91 Å². The average Bonchev–Trinajstić information content (AvgIpc) is 2.79. The maximum absolute atomic E-state index is 11.8. The molecule has 4 heteroatoms. The number of rotatable bonds is 3. The number of nitriles is 1. The summed E-state index contributed by atoms with van der Waals surface area (Å²) >= 11 is 0. The normalized spacial score (nSPS) is 20.6. The van der Waals surface area contributed by atoms with Crippen molar-refractivity contribution in [3.05, 3.63) is 29.8 Å². The van der Waals surface area contributed by atoms with Gasteiger partial charge in [-0.05, 0) is 24.6 Å². The monoisotopic (exact) mass is 244 g/mol. The van der Waals surface area contributed by atoms with Crippen molar-refractivity contribution in [3.8, 4) is 11.8 Å². The van der Waals surface area contributed by atoms with E-state index in [1.165, 1.54) is 0 Å². The van der Waals surface area contributed by atoms with Crippen molar-refractivity contribution in [2.75, 3.05) is 13.7 Å². The van der Waals surface area contributed by atoms with Gasteiger partial charge < -0.3 is 9.64 Å². The molecule has 2 rings (SSSR count). The molecule has 1 saturated heterocycles. The van der Waals surface area contributed by atoms with Crippen LogP contribution in [0.4, 0.5) is 0 Å². The molecule has 2 unspecified atom stereocenters. The van der Waals surface area contributed by atoms with E-state index < -0.39 is 0 Å². The molecule has 0 radical (unpaired) electrons. The fourth-order valence-corrected chi connectivity index (χ4v) is 2.25. The first-order valence-corrected chi connectivity index (χ1v) is 5.98. The van der Waals surface area contributed by atoms with Crippen molar-refractivity contribution in [2.45, 2.75) is 19.4 Å². The van der Waals surface area contributed by atoms with Crippen molar-refractivity contribution in [1.82, 2.24) is 4.90 Å². The molecule has 0 aromatic heterocycles. The standard InChI is InChI=1S/C14H16N2O2/c1-10(12-3-5-13(18-2)6-4-12)16-9-11(8-15)7-14(16)17/h3-6,10-11H,7,9H2,1-2H3. The highest BCUT2D eigenvalue weighted by atomic mass is 16.5. The Kier molecular flexibility index (Phi) is 3.52. The molecule has 1 aliphatic heterocycles. The van der Waals surface area contributed by atoms with Gasteiger partial charge >= 0.3 is 0 Å². The summed E-state index contributed by atoms with van der Waals surface area (Å²) < 4.78 is 5.11. The Bertz CT molecular complexity index is 476. The Morgan fingerprint density at radius 2 is 2.11 bits per heavy atom. The largest absolute Gasteiger partial charge is 0.497 e. The second-order valence-corrected chi connectivity index (χ2v) is 4.53. The molecule has 0 bridgehead atoms. The van der Waals surface area contributed by atoms with E-state index in [1.807, 2.05) is 31.2 Å². The van der Waals surface area contributed by atoms with E-state index in [-0.39, 0.29) is 17.9 Å². The lowest BCUT2D eigenvalue weighted by atomic mass is 10.1. The maximum Gasteiger partial charge on any atom is 0.224 e. The zero-order valence-electron chi connectivity index (χ0n) is 10.6. The Balaban J connectivity index is 2.13. The third-order valence-electron chi connectivity index (χ3n) is 3.41. The van der Waals surface area contributed by atoms with Crippen LogP contribution in [0.2, 0.25) is 0 Å². The number of carbonyl (C=O) groups is 1. The van der Waals surface area contributed by atoms with Crippen LogP contribution < -0.4 is 4.74 Å². The SMILES string of the molecule is COc1ccc(C(C)N2CC(C#N)CC2=O)cc1. The van der Waals surface area contributed by atoms with Crippen LogP contribution in [0, 0.1) is 17.2 Å². The second-order valence-electron chi connectivity index (χ2n) is 4.53. The van der Waals surface area contributed by atoms with E-state index in [0.29, 0.717) is 13.0 Å². The highest BCUT2D eigenvalue weighted by Crippen LogP contribution is 2.28. The van der Waals surface area contributed by atoms with E-state index in [4.69, 9.17) is 10.00 Å². The molecule has 0 aliphatic carbocycles. The van der Waals surface area contributed by atoms with Gasteiger partial charge in [-0.3, -0.25) is 4.79 Å². The molecule has 4 nitrogen and oxygen atoms in total. The molecule has 18 heavy (non-hydrogen) atoms. The van der Waals surface area contributed by atoms with Crippen LogP contribution >= 0.6 is 0 Å². The van der Waals surface area contributed by atoms with Gasteiger partial charge in [0.05, 0.1) is 25.1 Å². The average molecular weight is 244 g/mol. The first-order valence-electron chi connectivity index (χ1n) is 5.98. The van der Waals surface area contributed by atoms with E-state index in [0.717, 1.165) is 11.3 Å². The first kappa shape index (κ1) is 12.4. The summed E-state index contributed by atoms with van der Waals surface area (Å²) in [5, 5.41) is 8.88. The number of nitrogens with zero attached hydrogens (tertiary/aromatic N) is 2. The minimum Gasteiger partial charge on any atom is -0.497 e. The fourth-order valence-electron chi connectivity index (χ4n) is 2.25. The van der Waals surface area contributed by atoms with Crippen LogP contribution in [0.1, 0.15) is 24.9 Å². The summed E-state index contributed by atoms with van der Waals surface area (Å²) in [7, 11) is 1.62. The number of hydrogen-bond donors (Lipinski definition) is 0. The Labute approximate surface area is 107 Å².